The van der Waals surface area contributed by atoms with Crippen LogP contribution in [-0.4, -0.2) is 31.8 Å². The molecule has 0 saturated carbocycles. The van der Waals surface area contributed by atoms with Crippen LogP contribution in [0.2, 0.25) is 0 Å². The lowest BCUT2D eigenvalue weighted by Crippen LogP contribution is -2.43. The van der Waals surface area contributed by atoms with Crippen molar-refractivity contribution < 1.29 is 13.2 Å². The van der Waals surface area contributed by atoms with Gasteiger partial charge in [-0.2, -0.15) is 0 Å². The fourth-order valence-electron chi connectivity index (χ4n) is 3.37. The number of amides is 1. The first-order valence-electron chi connectivity index (χ1n) is 9.00. The second-order valence-corrected chi connectivity index (χ2v) is 8.24. The summed E-state index contributed by atoms with van der Waals surface area (Å²) in [6, 6.07) is 15.2. The number of rotatable bonds is 5. The van der Waals surface area contributed by atoms with Gasteiger partial charge in [-0.15, -0.1) is 0 Å². The predicted molar refractivity (Wildman–Crippen MR) is 103 cm³/mol. The van der Waals surface area contributed by atoms with E-state index in [0.717, 1.165) is 32.2 Å². The van der Waals surface area contributed by atoms with Crippen molar-refractivity contribution in [3.05, 3.63) is 60.2 Å². The average Bonchev–Trinajstić information content (AvgIpc) is 2.68. The lowest BCUT2D eigenvalue weighted by Gasteiger charge is -2.35. The summed E-state index contributed by atoms with van der Waals surface area (Å²) in [6.07, 6.45) is 4.06. The highest BCUT2D eigenvalue weighted by Gasteiger charge is 2.27. The molecule has 5 nitrogen and oxygen atoms in total. The zero-order valence-electron chi connectivity index (χ0n) is 14.9. The van der Waals surface area contributed by atoms with E-state index < -0.39 is 10.0 Å². The highest BCUT2D eigenvalue weighted by atomic mass is 32.2. The van der Waals surface area contributed by atoms with Crippen molar-refractivity contribution in [1.29, 1.82) is 0 Å². The van der Waals surface area contributed by atoms with Crippen LogP contribution in [0.5, 0.6) is 0 Å². The second-order valence-electron chi connectivity index (χ2n) is 6.56. The molecule has 26 heavy (non-hydrogen) atoms. The Balaban J connectivity index is 1.84. The van der Waals surface area contributed by atoms with Gasteiger partial charge in [-0.1, -0.05) is 31.2 Å². The Morgan fingerprint density at radius 3 is 2.62 bits per heavy atom. The van der Waals surface area contributed by atoms with Crippen LogP contribution < -0.4 is 4.72 Å². The standard InChI is InChI=1S/C20H24N2O3S/c1-2-18-12-6-7-14-22(18)20(23)16-9-8-13-19(15-16)26(24,25)21-17-10-4-3-5-11-17/h3-5,8-11,13,15,18,21H,2,6-7,12,14H2,1H3. The molecule has 1 aliphatic rings. The smallest absolute Gasteiger partial charge is 0.261 e. The molecule has 6 heteroatoms. The topological polar surface area (TPSA) is 66.5 Å². The van der Waals surface area contributed by atoms with E-state index in [4.69, 9.17) is 0 Å². The first-order valence-corrected chi connectivity index (χ1v) is 10.5. The minimum atomic E-state index is -3.74. The van der Waals surface area contributed by atoms with Gasteiger partial charge in [0.05, 0.1) is 4.90 Å². The summed E-state index contributed by atoms with van der Waals surface area (Å²) in [5.41, 5.74) is 0.910. The molecule has 1 atom stereocenters. The molecule has 3 rings (SSSR count). The van der Waals surface area contributed by atoms with Gasteiger partial charge in [-0.3, -0.25) is 9.52 Å². The Morgan fingerprint density at radius 2 is 1.88 bits per heavy atom. The Kier molecular flexibility index (Phi) is 5.61. The van der Waals surface area contributed by atoms with Crippen LogP contribution in [0, 0.1) is 0 Å². The molecule has 0 radical (unpaired) electrons. The summed E-state index contributed by atoms with van der Waals surface area (Å²) in [6.45, 7) is 2.82. The normalized spacial score (nSPS) is 17.7. The Morgan fingerprint density at radius 1 is 1.12 bits per heavy atom. The maximum absolute atomic E-state index is 12.9. The van der Waals surface area contributed by atoms with E-state index in [2.05, 4.69) is 11.6 Å². The highest BCUT2D eigenvalue weighted by Crippen LogP contribution is 2.23. The van der Waals surface area contributed by atoms with E-state index in [1.807, 2.05) is 11.0 Å². The molecule has 1 N–H and O–H groups in total. The van der Waals surface area contributed by atoms with Gasteiger partial charge < -0.3 is 4.90 Å². The third kappa shape index (κ3) is 4.07. The van der Waals surface area contributed by atoms with Gasteiger partial charge in [0.1, 0.15) is 0 Å². The first-order chi connectivity index (χ1) is 12.5. The molecule has 0 bridgehead atoms. The van der Waals surface area contributed by atoms with Crippen LogP contribution in [0.3, 0.4) is 0 Å². The number of benzene rings is 2. The molecule has 0 aromatic heterocycles. The van der Waals surface area contributed by atoms with E-state index >= 15 is 0 Å². The third-order valence-corrected chi connectivity index (χ3v) is 6.16. The zero-order chi connectivity index (χ0) is 18.6. The van der Waals surface area contributed by atoms with Crippen molar-refractivity contribution in [2.24, 2.45) is 0 Å². The van der Waals surface area contributed by atoms with Gasteiger partial charge in [-0.05, 0) is 56.0 Å². The molecule has 2 aromatic carbocycles. The summed E-state index contributed by atoms with van der Waals surface area (Å²) in [7, 11) is -3.74. The van der Waals surface area contributed by atoms with Gasteiger partial charge in [0, 0.05) is 23.8 Å². The molecule has 1 fully saturated rings. The fourth-order valence-corrected chi connectivity index (χ4v) is 4.48. The zero-order valence-corrected chi connectivity index (χ0v) is 15.7. The number of carbonyl (C=O) groups excluding carboxylic acids is 1. The van der Waals surface area contributed by atoms with Crippen molar-refractivity contribution in [3.8, 4) is 0 Å². The largest absolute Gasteiger partial charge is 0.336 e. The highest BCUT2D eigenvalue weighted by molar-refractivity contribution is 7.92. The van der Waals surface area contributed by atoms with Crippen LogP contribution in [0.15, 0.2) is 59.5 Å². The molecule has 1 saturated heterocycles. The average molecular weight is 372 g/mol. The van der Waals surface area contributed by atoms with Crippen LogP contribution in [0.25, 0.3) is 0 Å². The maximum Gasteiger partial charge on any atom is 0.261 e. The molecule has 2 aromatic rings. The molecule has 0 spiro atoms. The number of anilines is 1. The number of piperidine rings is 1. The first kappa shape index (κ1) is 18.5. The second kappa shape index (κ2) is 7.91. The SMILES string of the molecule is CCC1CCCCN1C(=O)c1cccc(S(=O)(=O)Nc2ccccc2)c1. The van der Waals surface area contributed by atoms with Gasteiger partial charge in [0.2, 0.25) is 0 Å². The van der Waals surface area contributed by atoms with E-state index in [9.17, 15) is 13.2 Å². The lowest BCUT2D eigenvalue weighted by molar-refractivity contribution is 0.0608. The van der Waals surface area contributed by atoms with Gasteiger partial charge in [0.25, 0.3) is 15.9 Å². The van der Waals surface area contributed by atoms with Crippen LogP contribution in [-0.2, 0) is 10.0 Å². The third-order valence-electron chi connectivity index (χ3n) is 4.78. The number of nitrogens with zero attached hydrogens (tertiary/aromatic N) is 1. The van der Waals surface area contributed by atoms with Crippen molar-refractivity contribution in [1.82, 2.24) is 4.90 Å². The quantitative estimate of drug-likeness (QED) is 0.866. The lowest BCUT2D eigenvalue weighted by atomic mass is 9.99. The van der Waals surface area contributed by atoms with E-state index in [0.29, 0.717) is 11.3 Å². The van der Waals surface area contributed by atoms with Gasteiger partial charge in [-0.25, -0.2) is 8.42 Å². The molecule has 1 unspecified atom stereocenters. The summed E-state index contributed by atoms with van der Waals surface area (Å²) in [5.74, 6) is -0.0895. The monoisotopic (exact) mass is 372 g/mol. The van der Waals surface area contributed by atoms with E-state index in [-0.39, 0.29) is 16.8 Å². The van der Waals surface area contributed by atoms with Gasteiger partial charge >= 0.3 is 0 Å². The molecular weight excluding hydrogens is 348 g/mol. The van der Waals surface area contributed by atoms with Gasteiger partial charge in [0.15, 0.2) is 0 Å². The molecule has 1 amide bonds. The number of sulfonamides is 1. The Bertz CT molecular complexity index is 866. The number of nitrogens with one attached hydrogen (secondary N) is 1. The van der Waals surface area contributed by atoms with Crippen molar-refractivity contribution in [2.75, 3.05) is 11.3 Å². The number of likely N-dealkylation sites (tertiary alicyclic amines) is 1. The van der Waals surface area contributed by atoms with Crippen molar-refractivity contribution in [3.63, 3.8) is 0 Å². The van der Waals surface area contributed by atoms with E-state index in [1.54, 1.807) is 36.4 Å². The number of hydrogen-bond donors (Lipinski definition) is 1. The summed E-state index contributed by atoms with van der Waals surface area (Å²) in [4.78, 5) is 14.9. The molecule has 1 aliphatic heterocycles. The predicted octanol–water partition coefficient (Wildman–Crippen LogP) is 3.89. The minimum Gasteiger partial charge on any atom is -0.336 e. The number of carbonyl (C=O) groups is 1. The molecule has 1 heterocycles. The van der Waals surface area contributed by atoms with Crippen LogP contribution >= 0.6 is 0 Å². The number of hydrogen-bond acceptors (Lipinski definition) is 3. The summed E-state index contributed by atoms with van der Waals surface area (Å²) < 4.78 is 27.8. The van der Waals surface area contributed by atoms with Crippen molar-refractivity contribution in [2.45, 2.75) is 43.5 Å². The summed E-state index contributed by atoms with van der Waals surface area (Å²) >= 11 is 0. The fraction of sp³-hybridized carbons (Fsp3) is 0.350. The minimum absolute atomic E-state index is 0.0895. The maximum atomic E-state index is 12.9. The molecular formula is C20H24N2O3S. The van der Waals surface area contributed by atoms with Crippen LogP contribution in [0.4, 0.5) is 5.69 Å². The summed E-state index contributed by atoms with van der Waals surface area (Å²) in [5, 5.41) is 0. The van der Waals surface area contributed by atoms with Crippen LogP contribution in [0.1, 0.15) is 43.0 Å². The van der Waals surface area contributed by atoms with Crippen molar-refractivity contribution >= 4 is 21.6 Å². The molecule has 0 aliphatic carbocycles. The molecule has 138 valence electrons. The Labute approximate surface area is 155 Å². The van der Waals surface area contributed by atoms with E-state index in [1.165, 1.54) is 12.1 Å². The number of para-hydroxylation sites is 1. The Hall–Kier alpha value is -2.34.